The lowest BCUT2D eigenvalue weighted by molar-refractivity contribution is 0.00446. The highest BCUT2D eigenvalue weighted by Gasteiger charge is 2.41. The zero-order valence-corrected chi connectivity index (χ0v) is 13.2. The number of likely N-dealkylation sites (tertiary alicyclic amines) is 1. The van der Waals surface area contributed by atoms with Crippen molar-refractivity contribution in [2.24, 2.45) is 11.7 Å². The molecule has 1 heterocycles. The van der Waals surface area contributed by atoms with Gasteiger partial charge in [0.25, 0.3) is 0 Å². The number of nitrogens with two attached hydrogens (primary N) is 1. The Morgan fingerprint density at radius 3 is 2.42 bits per heavy atom. The second kappa shape index (κ2) is 6.55. The summed E-state index contributed by atoms with van der Waals surface area (Å²) in [6, 6.07) is 0.775. The van der Waals surface area contributed by atoms with Crippen LogP contribution in [-0.4, -0.2) is 55.1 Å². The Kier molecular flexibility index (Phi) is 5.27. The average molecular weight is 267 g/mol. The molecular weight excluding hydrogens is 234 g/mol. The van der Waals surface area contributed by atoms with E-state index in [-0.39, 0.29) is 0 Å². The molecule has 0 aromatic heterocycles. The molecule has 2 rings (SSSR count). The van der Waals surface area contributed by atoms with Crippen molar-refractivity contribution in [2.45, 2.75) is 63.5 Å². The third kappa shape index (κ3) is 3.32. The minimum Gasteiger partial charge on any atom is -0.329 e. The summed E-state index contributed by atoms with van der Waals surface area (Å²) in [7, 11) is 4.43. The Balaban J connectivity index is 1.98. The lowest BCUT2D eigenvalue weighted by atomic mass is 9.73. The van der Waals surface area contributed by atoms with Crippen LogP contribution in [0.25, 0.3) is 0 Å². The summed E-state index contributed by atoms with van der Waals surface area (Å²) in [6.45, 7) is 5.69. The zero-order chi connectivity index (χ0) is 13.9. The van der Waals surface area contributed by atoms with E-state index in [1.165, 1.54) is 58.0 Å². The van der Waals surface area contributed by atoms with E-state index in [1.54, 1.807) is 0 Å². The highest BCUT2D eigenvalue weighted by molar-refractivity contribution is 4.98. The van der Waals surface area contributed by atoms with Crippen LogP contribution in [0.5, 0.6) is 0 Å². The monoisotopic (exact) mass is 267 g/mol. The molecule has 0 aromatic rings. The first-order valence-corrected chi connectivity index (χ1v) is 8.23. The molecule has 3 heteroatoms. The third-order valence-electron chi connectivity index (χ3n) is 5.75. The largest absolute Gasteiger partial charge is 0.329 e. The first-order valence-electron chi connectivity index (χ1n) is 8.23. The lowest BCUT2D eigenvalue weighted by Gasteiger charge is -2.51. The maximum absolute atomic E-state index is 6.23. The van der Waals surface area contributed by atoms with Crippen LogP contribution in [0.1, 0.15) is 51.9 Å². The number of rotatable bonds is 4. The van der Waals surface area contributed by atoms with Crippen molar-refractivity contribution in [3.05, 3.63) is 0 Å². The summed E-state index contributed by atoms with van der Waals surface area (Å²) >= 11 is 0. The molecule has 1 aliphatic heterocycles. The molecule has 0 aromatic carbocycles. The molecule has 112 valence electrons. The van der Waals surface area contributed by atoms with Gasteiger partial charge in [-0.1, -0.05) is 26.2 Å². The SMILES string of the molecule is CCC1CCCC(CN)(N2CCC(N(C)C)CC2)C1. The Morgan fingerprint density at radius 2 is 1.89 bits per heavy atom. The summed E-state index contributed by atoms with van der Waals surface area (Å²) in [6.07, 6.45) is 9.42. The standard InChI is InChI=1S/C16H33N3/c1-4-14-6-5-9-16(12-14,13-17)19-10-7-15(8-11-19)18(2)3/h14-15H,4-13,17H2,1-3H3. The van der Waals surface area contributed by atoms with Crippen LogP contribution in [-0.2, 0) is 0 Å². The molecule has 0 amide bonds. The predicted molar refractivity (Wildman–Crippen MR) is 82.3 cm³/mol. The van der Waals surface area contributed by atoms with E-state index >= 15 is 0 Å². The van der Waals surface area contributed by atoms with Gasteiger partial charge in [-0.25, -0.2) is 0 Å². The maximum atomic E-state index is 6.23. The maximum Gasteiger partial charge on any atom is 0.0334 e. The Bertz CT molecular complexity index is 271. The Morgan fingerprint density at radius 1 is 1.21 bits per heavy atom. The highest BCUT2D eigenvalue weighted by atomic mass is 15.2. The van der Waals surface area contributed by atoms with Crippen molar-refractivity contribution in [3.8, 4) is 0 Å². The fraction of sp³-hybridized carbons (Fsp3) is 1.00. The molecular formula is C16H33N3. The first kappa shape index (κ1) is 15.3. The molecule has 19 heavy (non-hydrogen) atoms. The van der Waals surface area contributed by atoms with E-state index in [0.29, 0.717) is 5.54 Å². The van der Waals surface area contributed by atoms with Crippen LogP contribution in [0.4, 0.5) is 0 Å². The van der Waals surface area contributed by atoms with Gasteiger partial charge in [0.1, 0.15) is 0 Å². The third-order valence-corrected chi connectivity index (χ3v) is 5.75. The van der Waals surface area contributed by atoms with Crippen LogP contribution in [0.3, 0.4) is 0 Å². The molecule has 0 bridgehead atoms. The van der Waals surface area contributed by atoms with E-state index in [9.17, 15) is 0 Å². The molecule has 1 aliphatic carbocycles. The first-order chi connectivity index (χ1) is 9.11. The Hall–Kier alpha value is -0.120. The summed E-state index contributed by atoms with van der Waals surface area (Å²) in [5.41, 5.74) is 6.56. The van der Waals surface area contributed by atoms with Crippen LogP contribution in [0.15, 0.2) is 0 Å². The van der Waals surface area contributed by atoms with Crippen molar-refractivity contribution >= 4 is 0 Å². The van der Waals surface area contributed by atoms with Crippen molar-refractivity contribution < 1.29 is 0 Å². The van der Waals surface area contributed by atoms with Gasteiger partial charge in [0.15, 0.2) is 0 Å². The van der Waals surface area contributed by atoms with Gasteiger partial charge in [0.2, 0.25) is 0 Å². The van der Waals surface area contributed by atoms with Gasteiger partial charge in [0, 0.05) is 31.2 Å². The summed E-state index contributed by atoms with van der Waals surface area (Å²) in [5, 5.41) is 0. The number of piperidine rings is 1. The zero-order valence-electron chi connectivity index (χ0n) is 13.2. The molecule has 1 saturated heterocycles. The van der Waals surface area contributed by atoms with Gasteiger partial charge in [-0.2, -0.15) is 0 Å². The lowest BCUT2D eigenvalue weighted by Crippen LogP contribution is -2.59. The van der Waals surface area contributed by atoms with E-state index in [0.717, 1.165) is 18.5 Å². The van der Waals surface area contributed by atoms with Crippen LogP contribution < -0.4 is 5.73 Å². The fourth-order valence-corrected chi connectivity index (χ4v) is 4.27. The molecule has 2 atom stereocenters. The normalized spacial score (nSPS) is 34.9. The molecule has 2 N–H and O–H groups in total. The molecule has 0 radical (unpaired) electrons. The number of hydrogen-bond acceptors (Lipinski definition) is 3. The van der Waals surface area contributed by atoms with Crippen molar-refractivity contribution in [3.63, 3.8) is 0 Å². The molecule has 0 spiro atoms. The van der Waals surface area contributed by atoms with Gasteiger partial charge < -0.3 is 10.6 Å². The summed E-state index contributed by atoms with van der Waals surface area (Å²) in [4.78, 5) is 5.14. The van der Waals surface area contributed by atoms with Crippen molar-refractivity contribution in [1.82, 2.24) is 9.80 Å². The van der Waals surface area contributed by atoms with E-state index in [4.69, 9.17) is 5.73 Å². The number of nitrogens with zero attached hydrogens (tertiary/aromatic N) is 2. The second-order valence-corrected chi connectivity index (χ2v) is 6.98. The quantitative estimate of drug-likeness (QED) is 0.848. The van der Waals surface area contributed by atoms with Crippen molar-refractivity contribution in [2.75, 3.05) is 33.7 Å². The molecule has 3 nitrogen and oxygen atoms in total. The summed E-state index contributed by atoms with van der Waals surface area (Å²) < 4.78 is 0. The van der Waals surface area contributed by atoms with Crippen LogP contribution in [0, 0.1) is 5.92 Å². The van der Waals surface area contributed by atoms with E-state index < -0.39 is 0 Å². The Labute approximate surface area is 119 Å². The molecule has 2 fully saturated rings. The highest BCUT2D eigenvalue weighted by Crippen LogP contribution is 2.39. The number of hydrogen-bond donors (Lipinski definition) is 1. The van der Waals surface area contributed by atoms with Gasteiger partial charge >= 0.3 is 0 Å². The molecule has 1 saturated carbocycles. The fourth-order valence-electron chi connectivity index (χ4n) is 4.27. The second-order valence-electron chi connectivity index (χ2n) is 6.98. The molecule has 2 unspecified atom stereocenters. The van der Waals surface area contributed by atoms with Crippen molar-refractivity contribution in [1.29, 1.82) is 0 Å². The van der Waals surface area contributed by atoms with Gasteiger partial charge in [-0.15, -0.1) is 0 Å². The molecule has 2 aliphatic rings. The van der Waals surface area contributed by atoms with Crippen LogP contribution in [0.2, 0.25) is 0 Å². The van der Waals surface area contributed by atoms with Crippen LogP contribution >= 0.6 is 0 Å². The average Bonchev–Trinajstić information content (AvgIpc) is 2.47. The topological polar surface area (TPSA) is 32.5 Å². The minimum absolute atomic E-state index is 0.330. The van der Waals surface area contributed by atoms with Gasteiger partial charge in [-0.05, 0) is 45.7 Å². The van der Waals surface area contributed by atoms with Gasteiger partial charge in [0.05, 0.1) is 0 Å². The van der Waals surface area contributed by atoms with E-state index in [2.05, 4.69) is 30.8 Å². The van der Waals surface area contributed by atoms with Gasteiger partial charge in [-0.3, -0.25) is 4.90 Å². The predicted octanol–water partition coefficient (Wildman–Crippen LogP) is 2.31. The summed E-state index contributed by atoms with van der Waals surface area (Å²) in [5.74, 6) is 0.906. The minimum atomic E-state index is 0.330. The smallest absolute Gasteiger partial charge is 0.0334 e. The van der Waals surface area contributed by atoms with E-state index in [1.807, 2.05) is 0 Å².